The number of hydrogen-bond acceptors (Lipinski definition) is 2. The second-order valence-corrected chi connectivity index (χ2v) is 5.06. The molecule has 0 heterocycles. The monoisotopic (exact) mass is 357 g/mol. The second kappa shape index (κ2) is 6.04. The Bertz CT molecular complexity index is 528. The van der Waals surface area contributed by atoms with Crippen molar-refractivity contribution in [1.29, 1.82) is 0 Å². The maximum absolute atomic E-state index is 13.7. The van der Waals surface area contributed by atoms with Crippen molar-refractivity contribution in [1.82, 2.24) is 0 Å². The number of hydrogen-bond donors (Lipinski definition) is 1. The van der Waals surface area contributed by atoms with Crippen molar-refractivity contribution in [2.45, 2.75) is 6.54 Å². The van der Waals surface area contributed by atoms with Crippen molar-refractivity contribution in [3.8, 4) is 5.75 Å². The molecule has 0 aromatic heterocycles. The number of benzene rings is 2. The van der Waals surface area contributed by atoms with Crippen LogP contribution in [-0.4, -0.2) is 7.11 Å². The molecule has 2 aromatic rings. The van der Waals surface area contributed by atoms with Gasteiger partial charge in [0.15, 0.2) is 0 Å². The fraction of sp³-hybridized carbons (Fsp3) is 0.143. The normalized spacial score (nSPS) is 10.2. The molecule has 18 heavy (non-hydrogen) atoms. The third kappa shape index (κ3) is 3.35. The average molecular weight is 357 g/mol. The van der Waals surface area contributed by atoms with Crippen LogP contribution in [-0.2, 0) is 6.54 Å². The zero-order valence-corrected chi connectivity index (χ0v) is 12.1. The molecule has 0 aliphatic heterocycles. The molecule has 0 bridgehead atoms. The molecule has 1 N–H and O–H groups in total. The van der Waals surface area contributed by atoms with Crippen molar-refractivity contribution in [3.63, 3.8) is 0 Å². The number of methoxy groups -OCH3 is 1. The van der Waals surface area contributed by atoms with E-state index in [-0.39, 0.29) is 5.82 Å². The van der Waals surface area contributed by atoms with Gasteiger partial charge in [-0.25, -0.2) is 4.39 Å². The molecule has 0 amide bonds. The lowest BCUT2D eigenvalue weighted by Gasteiger charge is -2.08. The lowest BCUT2D eigenvalue weighted by molar-refractivity contribution is 0.411. The molecule has 2 aromatic carbocycles. The van der Waals surface area contributed by atoms with E-state index in [1.165, 1.54) is 16.7 Å². The van der Waals surface area contributed by atoms with Crippen LogP contribution in [0.3, 0.4) is 0 Å². The van der Waals surface area contributed by atoms with Gasteiger partial charge >= 0.3 is 0 Å². The highest BCUT2D eigenvalue weighted by Crippen LogP contribution is 2.18. The van der Waals surface area contributed by atoms with Crippen LogP contribution in [0.5, 0.6) is 5.75 Å². The molecule has 0 unspecified atom stereocenters. The number of ether oxygens (including phenoxy) is 1. The van der Waals surface area contributed by atoms with Crippen LogP contribution >= 0.6 is 22.6 Å². The first-order valence-electron chi connectivity index (χ1n) is 5.51. The van der Waals surface area contributed by atoms with Gasteiger partial charge in [-0.1, -0.05) is 6.07 Å². The van der Waals surface area contributed by atoms with E-state index in [0.29, 0.717) is 17.9 Å². The van der Waals surface area contributed by atoms with Crippen molar-refractivity contribution in [2.75, 3.05) is 12.4 Å². The minimum atomic E-state index is -0.257. The summed E-state index contributed by atoms with van der Waals surface area (Å²) >= 11 is 2.25. The topological polar surface area (TPSA) is 21.3 Å². The molecule has 2 rings (SSSR count). The Kier molecular flexibility index (Phi) is 4.41. The summed E-state index contributed by atoms with van der Waals surface area (Å²) in [4.78, 5) is 0. The summed E-state index contributed by atoms with van der Waals surface area (Å²) in [6, 6.07) is 12.8. The highest BCUT2D eigenvalue weighted by Gasteiger charge is 2.03. The Labute approximate surface area is 119 Å². The number of rotatable bonds is 4. The maximum atomic E-state index is 13.7. The Morgan fingerprint density at radius 2 is 1.89 bits per heavy atom. The van der Waals surface area contributed by atoms with Crippen LogP contribution in [0.2, 0.25) is 0 Å². The fourth-order valence-electron chi connectivity index (χ4n) is 1.56. The molecule has 2 nitrogen and oxygen atoms in total. The van der Waals surface area contributed by atoms with Crippen molar-refractivity contribution >= 4 is 28.3 Å². The van der Waals surface area contributed by atoms with Crippen molar-refractivity contribution < 1.29 is 9.13 Å². The fourth-order valence-corrected chi connectivity index (χ4v) is 1.92. The number of nitrogens with one attached hydrogen (secondary N) is 1. The molecular formula is C14H13FINO. The molecule has 0 radical (unpaired) electrons. The van der Waals surface area contributed by atoms with Crippen molar-refractivity contribution in [2.24, 2.45) is 0 Å². The second-order valence-electron chi connectivity index (χ2n) is 3.82. The van der Waals surface area contributed by atoms with Gasteiger partial charge in [0.1, 0.15) is 11.6 Å². The first kappa shape index (κ1) is 13.1. The highest BCUT2D eigenvalue weighted by molar-refractivity contribution is 14.1. The SMILES string of the molecule is COc1ccc(CNc2ccc(I)cc2)c(F)c1. The Hall–Kier alpha value is -1.30. The third-order valence-electron chi connectivity index (χ3n) is 2.59. The molecule has 0 fully saturated rings. The summed E-state index contributed by atoms with van der Waals surface area (Å²) in [5.74, 6) is 0.276. The van der Waals surface area contributed by atoms with Gasteiger partial charge in [0.2, 0.25) is 0 Å². The summed E-state index contributed by atoms with van der Waals surface area (Å²) in [6.45, 7) is 0.455. The maximum Gasteiger partial charge on any atom is 0.131 e. The van der Waals surface area contributed by atoms with E-state index in [1.54, 1.807) is 12.1 Å². The first-order chi connectivity index (χ1) is 8.69. The minimum Gasteiger partial charge on any atom is -0.497 e. The minimum absolute atomic E-state index is 0.257. The van der Waals surface area contributed by atoms with E-state index in [9.17, 15) is 4.39 Å². The zero-order chi connectivity index (χ0) is 13.0. The van der Waals surface area contributed by atoms with Crippen LogP contribution in [0, 0.1) is 9.39 Å². The van der Waals surface area contributed by atoms with E-state index in [0.717, 1.165) is 5.69 Å². The molecule has 0 aliphatic rings. The van der Waals surface area contributed by atoms with E-state index >= 15 is 0 Å². The van der Waals surface area contributed by atoms with Gasteiger partial charge < -0.3 is 10.1 Å². The van der Waals surface area contributed by atoms with Gasteiger partial charge in [-0.15, -0.1) is 0 Å². The smallest absolute Gasteiger partial charge is 0.131 e. The van der Waals surface area contributed by atoms with Crippen molar-refractivity contribution in [3.05, 3.63) is 57.4 Å². The van der Waals surface area contributed by atoms with E-state index in [2.05, 4.69) is 27.9 Å². The van der Waals surface area contributed by atoms with Gasteiger partial charge in [-0.05, 0) is 52.9 Å². The Morgan fingerprint density at radius 3 is 2.50 bits per heavy atom. The van der Waals surface area contributed by atoms with Gasteiger partial charge in [0.25, 0.3) is 0 Å². The van der Waals surface area contributed by atoms with E-state index < -0.39 is 0 Å². The standard InChI is InChI=1S/C14H13FINO/c1-18-13-7-2-10(14(15)8-13)9-17-12-5-3-11(16)4-6-12/h2-8,17H,9H2,1H3. The predicted molar refractivity (Wildman–Crippen MR) is 79.4 cm³/mol. The van der Waals surface area contributed by atoms with Gasteiger partial charge in [-0.3, -0.25) is 0 Å². The highest BCUT2D eigenvalue weighted by atomic mass is 127. The summed E-state index contributed by atoms with van der Waals surface area (Å²) < 4.78 is 19.8. The predicted octanol–water partition coefficient (Wildman–Crippen LogP) is 4.05. The van der Waals surface area contributed by atoms with Crippen LogP contribution in [0.15, 0.2) is 42.5 Å². The van der Waals surface area contributed by atoms with Gasteiger partial charge in [-0.2, -0.15) is 0 Å². The van der Waals surface area contributed by atoms with Crippen LogP contribution in [0.1, 0.15) is 5.56 Å². The number of halogens is 2. The van der Waals surface area contributed by atoms with Crippen LogP contribution in [0.4, 0.5) is 10.1 Å². The molecule has 0 saturated carbocycles. The van der Waals surface area contributed by atoms with E-state index in [4.69, 9.17) is 4.74 Å². The van der Waals surface area contributed by atoms with Gasteiger partial charge in [0.05, 0.1) is 7.11 Å². The molecule has 0 spiro atoms. The summed E-state index contributed by atoms with van der Waals surface area (Å²) in [7, 11) is 1.53. The largest absolute Gasteiger partial charge is 0.497 e. The van der Waals surface area contributed by atoms with Crippen LogP contribution in [0.25, 0.3) is 0 Å². The van der Waals surface area contributed by atoms with Crippen LogP contribution < -0.4 is 10.1 Å². The number of anilines is 1. The van der Waals surface area contributed by atoms with Gasteiger partial charge in [0, 0.05) is 27.4 Å². The molecular weight excluding hydrogens is 344 g/mol. The molecule has 0 aliphatic carbocycles. The average Bonchev–Trinajstić information content (AvgIpc) is 2.39. The zero-order valence-electron chi connectivity index (χ0n) is 9.91. The molecule has 94 valence electrons. The Morgan fingerprint density at radius 1 is 1.17 bits per heavy atom. The molecule has 0 saturated heterocycles. The summed E-state index contributed by atoms with van der Waals surface area (Å²) in [5, 5.41) is 3.18. The third-order valence-corrected chi connectivity index (χ3v) is 3.31. The lowest BCUT2D eigenvalue weighted by Crippen LogP contribution is -2.02. The summed E-state index contributed by atoms with van der Waals surface area (Å²) in [6.07, 6.45) is 0. The first-order valence-corrected chi connectivity index (χ1v) is 6.59. The molecule has 4 heteroatoms. The molecule has 0 atom stereocenters. The Balaban J connectivity index is 2.04. The lowest BCUT2D eigenvalue weighted by atomic mass is 10.2. The summed E-state index contributed by atoms with van der Waals surface area (Å²) in [5.41, 5.74) is 1.60. The quantitative estimate of drug-likeness (QED) is 0.834. The van der Waals surface area contributed by atoms with E-state index in [1.807, 2.05) is 24.3 Å².